The van der Waals surface area contributed by atoms with Crippen LogP contribution in [0.15, 0.2) is 72.9 Å². The molecule has 4 nitrogen and oxygen atoms in total. The molecule has 1 atom stereocenters. The van der Waals surface area contributed by atoms with Gasteiger partial charge in [-0.3, -0.25) is 9.78 Å². The van der Waals surface area contributed by atoms with Crippen LogP contribution in [0.25, 0.3) is 0 Å². The molecular weight excluding hydrogens is 432 g/mol. The molecule has 1 unspecified atom stereocenters. The molecule has 0 radical (unpaired) electrons. The number of hydrogen-bond donors (Lipinski definition) is 1. The highest BCUT2D eigenvalue weighted by atomic mass is 35.5. The van der Waals surface area contributed by atoms with Gasteiger partial charge in [0, 0.05) is 17.1 Å². The molecule has 0 spiro atoms. The fourth-order valence-electron chi connectivity index (χ4n) is 4.57. The van der Waals surface area contributed by atoms with E-state index < -0.39 is 0 Å². The van der Waals surface area contributed by atoms with Gasteiger partial charge in [0.2, 0.25) is 5.91 Å². The van der Waals surface area contributed by atoms with E-state index in [1.165, 1.54) is 25.7 Å². The van der Waals surface area contributed by atoms with Gasteiger partial charge in [-0.05, 0) is 42.5 Å². The van der Waals surface area contributed by atoms with E-state index in [1.54, 1.807) is 6.20 Å². The molecule has 1 aromatic heterocycles. The standard InChI is InChI=1S/C28H31ClN2O2/c29-25-15-9-8-14-23(25)20-33-24-16-17-26(30-19-24)27(22-12-6-1-2-7-13-22)28(32)31-18-21-10-4-3-5-11-21/h3-5,8-11,14-17,19,22,27H,1-2,6-7,12-13,18,20H2,(H,31,32). The lowest BCUT2D eigenvalue weighted by Crippen LogP contribution is -2.33. The molecule has 5 heteroatoms. The summed E-state index contributed by atoms with van der Waals surface area (Å²) in [6, 6.07) is 21.5. The third-order valence-electron chi connectivity index (χ3n) is 6.39. The maximum absolute atomic E-state index is 13.4. The summed E-state index contributed by atoms with van der Waals surface area (Å²) in [6.45, 7) is 0.909. The lowest BCUT2D eigenvalue weighted by molar-refractivity contribution is -0.124. The minimum atomic E-state index is -0.246. The molecule has 3 aromatic rings. The van der Waals surface area contributed by atoms with E-state index in [2.05, 4.69) is 10.3 Å². The molecule has 0 bridgehead atoms. The first kappa shape index (κ1) is 23.3. The first-order chi connectivity index (χ1) is 16.2. The van der Waals surface area contributed by atoms with Crippen molar-refractivity contribution < 1.29 is 9.53 Å². The van der Waals surface area contributed by atoms with Crippen molar-refractivity contribution in [3.05, 3.63) is 94.8 Å². The molecule has 4 rings (SSSR count). The third kappa shape index (κ3) is 6.58. The van der Waals surface area contributed by atoms with E-state index in [0.29, 0.717) is 29.8 Å². The molecule has 0 saturated heterocycles. The first-order valence-electron chi connectivity index (χ1n) is 11.8. The van der Waals surface area contributed by atoms with Crippen LogP contribution < -0.4 is 10.1 Å². The maximum atomic E-state index is 13.4. The number of nitrogens with one attached hydrogen (secondary N) is 1. The van der Waals surface area contributed by atoms with Gasteiger partial charge < -0.3 is 10.1 Å². The Morgan fingerprint density at radius 1 is 0.970 bits per heavy atom. The first-order valence-corrected chi connectivity index (χ1v) is 12.2. The number of rotatable bonds is 8. The highest BCUT2D eigenvalue weighted by Crippen LogP contribution is 2.35. The van der Waals surface area contributed by atoms with Crippen LogP contribution in [-0.2, 0) is 17.9 Å². The molecule has 2 aromatic carbocycles. The van der Waals surface area contributed by atoms with Crippen molar-refractivity contribution in [3.63, 3.8) is 0 Å². The molecule has 33 heavy (non-hydrogen) atoms. The summed E-state index contributed by atoms with van der Waals surface area (Å²) in [6.07, 6.45) is 8.69. The van der Waals surface area contributed by atoms with Gasteiger partial charge in [-0.2, -0.15) is 0 Å². The van der Waals surface area contributed by atoms with E-state index in [0.717, 1.165) is 29.7 Å². The lowest BCUT2D eigenvalue weighted by atomic mass is 9.83. The topological polar surface area (TPSA) is 51.2 Å². The minimum absolute atomic E-state index is 0.0583. The molecule has 1 saturated carbocycles. The Morgan fingerprint density at radius 2 is 1.70 bits per heavy atom. The van der Waals surface area contributed by atoms with Gasteiger partial charge in [0.05, 0.1) is 17.8 Å². The largest absolute Gasteiger partial charge is 0.487 e. The van der Waals surface area contributed by atoms with Crippen molar-refractivity contribution in [2.45, 2.75) is 57.6 Å². The fourth-order valence-corrected chi connectivity index (χ4v) is 4.76. The van der Waals surface area contributed by atoms with Gasteiger partial charge >= 0.3 is 0 Å². The monoisotopic (exact) mass is 462 g/mol. The number of benzene rings is 2. The van der Waals surface area contributed by atoms with Crippen LogP contribution in [0.5, 0.6) is 5.75 Å². The second-order valence-electron chi connectivity index (χ2n) is 8.73. The van der Waals surface area contributed by atoms with E-state index in [-0.39, 0.29) is 11.8 Å². The highest BCUT2D eigenvalue weighted by Gasteiger charge is 2.31. The van der Waals surface area contributed by atoms with Crippen molar-refractivity contribution in [1.29, 1.82) is 0 Å². The summed E-state index contributed by atoms with van der Waals surface area (Å²) >= 11 is 6.23. The fraction of sp³-hybridized carbons (Fsp3) is 0.357. The lowest BCUT2D eigenvalue weighted by Gasteiger charge is -2.25. The Hall–Kier alpha value is -2.85. The smallest absolute Gasteiger partial charge is 0.229 e. The second kappa shape index (κ2) is 11.9. The van der Waals surface area contributed by atoms with Gasteiger partial charge in [-0.15, -0.1) is 0 Å². The summed E-state index contributed by atoms with van der Waals surface area (Å²) in [5.41, 5.74) is 2.85. The molecule has 1 N–H and O–H groups in total. The van der Waals surface area contributed by atoms with Gasteiger partial charge in [0.25, 0.3) is 0 Å². The zero-order valence-electron chi connectivity index (χ0n) is 18.9. The van der Waals surface area contributed by atoms with Gasteiger partial charge in [-0.1, -0.05) is 85.8 Å². The van der Waals surface area contributed by atoms with Crippen LogP contribution in [0.4, 0.5) is 0 Å². The van der Waals surface area contributed by atoms with Crippen molar-refractivity contribution >= 4 is 17.5 Å². The van der Waals surface area contributed by atoms with Crippen LogP contribution >= 0.6 is 11.6 Å². The summed E-state index contributed by atoms with van der Waals surface area (Å²) in [5, 5.41) is 3.84. The van der Waals surface area contributed by atoms with Crippen molar-refractivity contribution in [2.24, 2.45) is 5.92 Å². The number of halogens is 1. The Labute approximate surface area is 201 Å². The van der Waals surface area contributed by atoms with E-state index in [4.69, 9.17) is 16.3 Å². The minimum Gasteiger partial charge on any atom is -0.487 e. The second-order valence-corrected chi connectivity index (χ2v) is 9.14. The number of hydrogen-bond acceptors (Lipinski definition) is 3. The van der Waals surface area contributed by atoms with Crippen molar-refractivity contribution in [2.75, 3.05) is 0 Å². The number of aromatic nitrogens is 1. The Kier molecular flexibility index (Phi) is 8.37. The maximum Gasteiger partial charge on any atom is 0.229 e. The summed E-state index contributed by atoms with van der Waals surface area (Å²) in [5.74, 6) is 0.793. The summed E-state index contributed by atoms with van der Waals surface area (Å²) in [4.78, 5) is 18.0. The Bertz CT molecular complexity index is 1020. The Balaban J connectivity index is 1.47. The number of carbonyl (C=O) groups is 1. The predicted octanol–water partition coefficient (Wildman–Crippen LogP) is 6.68. The highest BCUT2D eigenvalue weighted by molar-refractivity contribution is 6.31. The predicted molar refractivity (Wildman–Crippen MR) is 132 cm³/mol. The summed E-state index contributed by atoms with van der Waals surface area (Å²) in [7, 11) is 0. The molecule has 0 aliphatic heterocycles. The summed E-state index contributed by atoms with van der Waals surface area (Å²) < 4.78 is 5.89. The van der Waals surface area contributed by atoms with Gasteiger partial charge in [-0.25, -0.2) is 0 Å². The quantitative estimate of drug-likeness (QED) is 0.379. The third-order valence-corrected chi connectivity index (χ3v) is 6.76. The van der Waals surface area contributed by atoms with Crippen LogP contribution in [-0.4, -0.2) is 10.9 Å². The molecule has 1 aliphatic carbocycles. The van der Waals surface area contributed by atoms with E-state index in [9.17, 15) is 4.79 Å². The molecule has 172 valence electrons. The SMILES string of the molecule is O=C(NCc1ccccc1)C(c1ccc(OCc2ccccc2Cl)cn1)C1CCCCCC1. The van der Waals surface area contributed by atoms with Gasteiger partial charge in [0.15, 0.2) is 0 Å². The zero-order chi connectivity index (χ0) is 22.9. The number of nitrogens with zero attached hydrogens (tertiary/aromatic N) is 1. The number of amides is 1. The van der Waals surface area contributed by atoms with Crippen molar-refractivity contribution in [3.8, 4) is 5.75 Å². The molecule has 1 heterocycles. The number of pyridine rings is 1. The number of carbonyl (C=O) groups excluding carboxylic acids is 1. The van der Waals surface area contributed by atoms with Crippen LogP contribution in [0.1, 0.15) is 61.3 Å². The molecule has 1 aliphatic rings. The zero-order valence-corrected chi connectivity index (χ0v) is 19.6. The van der Waals surface area contributed by atoms with Crippen LogP contribution in [0.2, 0.25) is 5.02 Å². The normalized spacial score (nSPS) is 15.4. The average Bonchev–Trinajstić information content (AvgIpc) is 3.13. The van der Waals surface area contributed by atoms with Gasteiger partial charge in [0.1, 0.15) is 12.4 Å². The number of ether oxygens (including phenoxy) is 1. The molecule has 1 fully saturated rings. The Morgan fingerprint density at radius 3 is 2.39 bits per heavy atom. The van der Waals surface area contributed by atoms with Crippen LogP contribution in [0, 0.1) is 5.92 Å². The van der Waals surface area contributed by atoms with Crippen molar-refractivity contribution in [1.82, 2.24) is 10.3 Å². The molecule has 1 amide bonds. The average molecular weight is 463 g/mol. The molecular formula is C28H31ClN2O2. The van der Waals surface area contributed by atoms with E-state index in [1.807, 2.05) is 66.7 Å². The van der Waals surface area contributed by atoms with E-state index >= 15 is 0 Å². The van der Waals surface area contributed by atoms with Crippen LogP contribution in [0.3, 0.4) is 0 Å².